The van der Waals surface area contributed by atoms with Gasteiger partial charge in [0.25, 0.3) is 0 Å². The zero-order valence-electron chi connectivity index (χ0n) is 12.6. The van der Waals surface area contributed by atoms with Gasteiger partial charge >= 0.3 is 6.09 Å². The van der Waals surface area contributed by atoms with Crippen molar-refractivity contribution in [3.8, 4) is 6.07 Å². The number of anilines is 1. The predicted octanol–water partition coefficient (Wildman–Crippen LogP) is 2.67. The summed E-state index contributed by atoms with van der Waals surface area (Å²) in [5.41, 5.74) is 1.04. The molecular weight excluding hydrogens is 284 g/mol. The van der Waals surface area contributed by atoms with Crippen LogP contribution in [0.2, 0.25) is 0 Å². The van der Waals surface area contributed by atoms with Gasteiger partial charge in [0.2, 0.25) is 5.91 Å². The van der Waals surface area contributed by atoms with Gasteiger partial charge in [-0.1, -0.05) is 0 Å². The highest BCUT2D eigenvalue weighted by atomic mass is 16.6. The molecule has 0 aliphatic heterocycles. The molecule has 1 aromatic carbocycles. The maximum atomic E-state index is 12.1. The first kappa shape index (κ1) is 15.5. The number of nitriles is 1. The summed E-state index contributed by atoms with van der Waals surface area (Å²) in [5, 5.41) is 11.1. The topological polar surface area (TPSA) is 97.0 Å². The van der Waals surface area contributed by atoms with Gasteiger partial charge < -0.3 is 10.1 Å². The average molecular weight is 300 g/mol. The van der Waals surface area contributed by atoms with Crippen molar-refractivity contribution in [1.29, 1.82) is 5.26 Å². The Morgan fingerprint density at radius 2 is 2.14 bits per heavy atom. The van der Waals surface area contributed by atoms with Gasteiger partial charge in [0.1, 0.15) is 18.3 Å². The van der Waals surface area contributed by atoms with E-state index in [1.165, 1.54) is 10.9 Å². The van der Waals surface area contributed by atoms with Crippen LogP contribution in [0.4, 0.5) is 10.5 Å². The number of imidazole rings is 1. The maximum Gasteiger partial charge on any atom is 0.420 e. The molecule has 0 radical (unpaired) electrons. The Kier molecular flexibility index (Phi) is 4.13. The number of ether oxygens (including phenoxy) is 1. The summed E-state index contributed by atoms with van der Waals surface area (Å²) in [6.45, 7) is 5.35. The SMILES string of the molecule is CC(C)(C)OC(=O)n1cnc2cc(NC(=O)CC#N)ccc21. The van der Waals surface area contributed by atoms with Gasteiger partial charge in [-0.3, -0.25) is 4.79 Å². The lowest BCUT2D eigenvalue weighted by atomic mass is 10.2. The molecule has 0 unspecified atom stereocenters. The highest BCUT2D eigenvalue weighted by molar-refractivity contribution is 5.95. The summed E-state index contributed by atoms with van der Waals surface area (Å²) in [4.78, 5) is 27.6. The third-order valence-corrected chi connectivity index (χ3v) is 2.66. The van der Waals surface area contributed by atoms with Gasteiger partial charge in [-0.25, -0.2) is 14.3 Å². The summed E-state index contributed by atoms with van der Waals surface area (Å²) in [7, 11) is 0. The number of amides is 1. The lowest BCUT2D eigenvalue weighted by Crippen LogP contribution is -2.26. The molecule has 0 fully saturated rings. The van der Waals surface area contributed by atoms with E-state index in [1.807, 2.05) is 0 Å². The first-order valence-electron chi connectivity index (χ1n) is 6.67. The Morgan fingerprint density at radius 1 is 1.41 bits per heavy atom. The summed E-state index contributed by atoms with van der Waals surface area (Å²) in [6, 6.07) is 6.70. The molecule has 1 heterocycles. The van der Waals surface area contributed by atoms with Gasteiger partial charge in [-0.15, -0.1) is 0 Å². The fraction of sp³-hybridized carbons (Fsp3) is 0.333. The Labute approximate surface area is 127 Å². The van der Waals surface area contributed by atoms with Gasteiger partial charge in [-0.2, -0.15) is 5.26 Å². The fourth-order valence-electron chi connectivity index (χ4n) is 1.82. The molecule has 1 aromatic heterocycles. The Morgan fingerprint density at radius 3 is 2.77 bits per heavy atom. The van der Waals surface area contributed by atoms with Crippen molar-refractivity contribution in [2.24, 2.45) is 0 Å². The van der Waals surface area contributed by atoms with Crippen LogP contribution in [-0.4, -0.2) is 27.2 Å². The van der Waals surface area contributed by atoms with Crippen molar-refractivity contribution < 1.29 is 14.3 Å². The van der Waals surface area contributed by atoms with Gasteiger partial charge in [0.05, 0.1) is 17.1 Å². The molecule has 0 saturated carbocycles. The summed E-state index contributed by atoms with van der Waals surface area (Å²) < 4.78 is 6.60. The number of fused-ring (bicyclic) bond motifs is 1. The molecule has 1 N–H and O–H groups in total. The number of nitrogens with one attached hydrogen (secondary N) is 1. The van der Waals surface area contributed by atoms with Crippen molar-refractivity contribution in [2.75, 3.05) is 5.32 Å². The van der Waals surface area contributed by atoms with Gasteiger partial charge in [0.15, 0.2) is 0 Å². The van der Waals surface area contributed by atoms with Crippen molar-refractivity contribution in [1.82, 2.24) is 9.55 Å². The van der Waals surface area contributed by atoms with E-state index in [1.54, 1.807) is 45.0 Å². The summed E-state index contributed by atoms with van der Waals surface area (Å²) in [6.07, 6.45) is 0.639. The Bertz CT molecular complexity index is 765. The van der Waals surface area contributed by atoms with Crippen LogP contribution in [0.3, 0.4) is 0 Å². The van der Waals surface area contributed by atoms with Crippen molar-refractivity contribution in [3.63, 3.8) is 0 Å². The van der Waals surface area contributed by atoms with E-state index in [0.29, 0.717) is 16.7 Å². The molecule has 0 saturated heterocycles. The number of benzene rings is 1. The zero-order chi connectivity index (χ0) is 16.3. The number of carbonyl (C=O) groups excluding carboxylic acids is 2. The maximum absolute atomic E-state index is 12.1. The molecule has 7 heteroatoms. The highest BCUT2D eigenvalue weighted by Gasteiger charge is 2.19. The highest BCUT2D eigenvalue weighted by Crippen LogP contribution is 2.20. The molecule has 0 aliphatic carbocycles. The van der Waals surface area contributed by atoms with Crippen LogP contribution in [-0.2, 0) is 9.53 Å². The quantitative estimate of drug-likeness (QED) is 0.919. The number of carbonyl (C=O) groups is 2. The predicted molar refractivity (Wildman–Crippen MR) is 80.2 cm³/mol. The zero-order valence-corrected chi connectivity index (χ0v) is 12.6. The minimum Gasteiger partial charge on any atom is -0.443 e. The molecule has 0 spiro atoms. The lowest BCUT2D eigenvalue weighted by Gasteiger charge is -2.19. The van der Waals surface area contributed by atoms with E-state index in [9.17, 15) is 9.59 Å². The van der Waals surface area contributed by atoms with Gasteiger partial charge in [-0.05, 0) is 39.0 Å². The third-order valence-electron chi connectivity index (χ3n) is 2.66. The van der Waals surface area contributed by atoms with Crippen molar-refractivity contribution >= 4 is 28.7 Å². The van der Waals surface area contributed by atoms with E-state index >= 15 is 0 Å². The molecule has 2 rings (SSSR count). The van der Waals surface area contributed by atoms with E-state index in [0.717, 1.165) is 0 Å². The van der Waals surface area contributed by atoms with E-state index < -0.39 is 17.6 Å². The number of rotatable bonds is 2. The molecule has 0 aliphatic rings. The smallest absolute Gasteiger partial charge is 0.420 e. The van der Waals surface area contributed by atoms with Crippen LogP contribution >= 0.6 is 0 Å². The second kappa shape index (κ2) is 5.85. The van der Waals surface area contributed by atoms with Crippen molar-refractivity contribution in [3.05, 3.63) is 24.5 Å². The minimum absolute atomic E-state index is 0.218. The molecule has 22 heavy (non-hydrogen) atoms. The minimum atomic E-state index is -0.598. The second-order valence-electron chi connectivity index (χ2n) is 5.68. The van der Waals surface area contributed by atoms with E-state index in [2.05, 4.69) is 10.3 Å². The Hall–Kier alpha value is -2.88. The van der Waals surface area contributed by atoms with Crippen LogP contribution < -0.4 is 5.32 Å². The number of nitrogens with zero attached hydrogens (tertiary/aromatic N) is 3. The molecule has 7 nitrogen and oxygen atoms in total. The van der Waals surface area contributed by atoms with E-state index in [-0.39, 0.29) is 6.42 Å². The van der Waals surface area contributed by atoms with Gasteiger partial charge in [0, 0.05) is 5.69 Å². The fourth-order valence-corrected chi connectivity index (χ4v) is 1.82. The van der Waals surface area contributed by atoms with Crippen LogP contribution in [0.15, 0.2) is 24.5 Å². The standard InChI is InChI=1S/C15H16N4O3/c1-15(2,3)22-14(21)19-9-17-11-8-10(4-5-12(11)19)18-13(20)6-7-16/h4-5,8-9H,6H2,1-3H3,(H,18,20). The Balaban J connectivity index is 2.25. The first-order valence-corrected chi connectivity index (χ1v) is 6.67. The average Bonchev–Trinajstić information content (AvgIpc) is 2.80. The molecule has 1 amide bonds. The molecule has 0 atom stereocenters. The van der Waals surface area contributed by atoms with Crippen molar-refractivity contribution in [2.45, 2.75) is 32.8 Å². The lowest BCUT2D eigenvalue weighted by molar-refractivity contribution is -0.115. The molecule has 2 aromatic rings. The number of hydrogen-bond acceptors (Lipinski definition) is 5. The van der Waals surface area contributed by atoms with Crippen LogP contribution in [0.1, 0.15) is 27.2 Å². The summed E-state index contributed by atoms with van der Waals surface area (Å²) >= 11 is 0. The van der Waals surface area contributed by atoms with Crippen LogP contribution in [0.5, 0.6) is 0 Å². The first-order chi connectivity index (χ1) is 10.3. The molecular formula is C15H16N4O3. The monoisotopic (exact) mass is 300 g/mol. The normalized spacial score (nSPS) is 11.0. The second-order valence-corrected chi connectivity index (χ2v) is 5.68. The largest absolute Gasteiger partial charge is 0.443 e. The molecule has 114 valence electrons. The molecule has 0 bridgehead atoms. The number of aromatic nitrogens is 2. The third kappa shape index (κ3) is 3.61. The van der Waals surface area contributed by atoms with E-state index in [4.69, 9.17) is 10.00 Å². The number of hydrogen-bond donors (Lipinski definition) is 1. The summed E-state index contributed by atoms with van der Waals surface area (Å²) in [5.74, 6) is -0.395. The van der Waals surface area contributed by atoms with Crippen LogP contribution in [0, 0.1) is 11.3 Å². The van der Waals surface area contributed by atoms with Crippen LogP contribution in [0.25, 0.3) is 11.0 Å².